The largest absolute Gasteiger partial charge is 0.506 e. The Hall–Kier alpha value is -2.89. The Bertz CT molecular complexity index is 1600. The number of ether oxygens (including phenoxy) is 2. The van der Waals surface area contributed by atoms with Gasteiger partial charge in [-0.15, -0.1) is 0 Å². The molecule has 0 radical (unpaired) electrons. The summed E-state index contributed by atoms with van der Waals surface area (Å²) in [6, 6.07) is 8.01. The zero-order chi connectivity index (χ0) is 27.7. The number of likely N-dealkylation sites (N-methyl/N-ethyl adjacent to an activating group) is 1. The standard InChI is InChI=1S/C27H27Br2N3O5S/c1-6-31(7-2)26(35)22-14(3)30-27-32(23(22)17-13-16(36-4)8-9-20(17)37-5)25(34)21(38-27)12-15-10-18(28)24(33)19(29)11-15/h8-13,23,33H,6-7H2,1-5H3/b21-12+/t23-/m0/s1. The smallest absolute Gasteiger partial charge is 0.271 e. The lowest BCUT2D eigenvalue weighted by atomic mass is 9.93. The number of carbonyl (C=O) groups is 1. The fourth-order valence-electron chi connectivity index (χ4n) is 4.44. The molecule has 1 aromatic heterocycles. The van der Waals surface area contributed by atoms with Crippen molar-refractivity contribution in [3.63, 3.8) is 0 Å². The van der Waals surface area contributed by atoms with Gasteiger partial charge >= 0.3 is 0 Å². The van der Waals surface area contributed by atoms with Crippen LogP contribution in [0.5, 0.6) is 17.2 Å². The first kappa shape index (κ1) is 28.1. The summed E-state index contributed by atoms with van der Waals surface area (Å²) in [4.78, 5) is 34.7. The summed E-state index contributed by atoms with van der Waals surface area (Å²) >= 11 is 7.92. The molecule has 3 aromatic rings. The second kappa shape index (κ2) is 11.5. The number of carbonyl (C=O) groups excluding carboxylic acids is 1. The van der Waals surface area contributed by atoms with Crippen molar-refractivity contribution in [2.24, 2.45) is 4.99 Å². The summed E-state index contributed by atoms with van der Waals surface area (Å²) in [5.41, 5.74) is 1.99. The minimum absolute atomic E-state index is 0.0731. The molecule has 1 aliphatic heterocycles. The number of phenolic OH excluding ortho intramolecular Hbond substituents is 1. The molecule has 11 heteroatoms. The third-order valence-corrected chi connectivity index (χ3v) is 8.56. The molecule has 8 nitrogen and oxygen atoms in total. The maximum atomic E-state index is 14.0. The van der Waals surface area contributed by atoms with E-state index in [-0.39, 0.29) is 17.2 Å². The Morgan fingerprint density at radius 3 is 2.39 bits per heavy atom. The topological polar surface area (TPSA) is 93.4 Å². The quantitative estimate of drug-likeness (QED) is 0.406. The number of thiazole rings is 1. The second-order valence-corrected chi connectivity index (χ2v) is 11.2. The number of hydrogen-bond acceptors (Lipinski definition) is 7. The molecule has 1 atom stereocenters. The fourth-order valence-corrected chi connectivity index (χ4v) is 6.71. The van der Waals surface area contributed by atoms with Crippen molar-refractivity contribution in [2.75, 3.05) is 27.3 Å². The molecule has 4 rings (SSSR count). The van der Waals surface area contributed by atoms with Crippen LogP contribution >= 0.6 is 43.2 Å². The molecule has 0 spiro atoms. The number of fused-ring (bicyclic) bond motifs is 1. The Balaban J connectivity index is 2.03. The van der Waals surface area contributed by atoms with Gasteiger partial charge in [-0.3, -0.25) is 14.2 Å². The molecule has 0 unspecified atom stereocenters. The van der Waals surface area contributed by atoms with E-state index < -0.39 is 6.04 Å². The monoisotopic (exact) mass is 663 g/mol. The van der Waals surface area contributed by atoms with Crippen molar-refractivity contribution >= 4 is 55.2 Å². The van der Waals surface area contributed by atoms with E-state index in [1.165, 1.54) is 11.3 Å². The third-order valence-electron chi connectivity index (χ3n) is 6.37. The first-order chi connectivity index (χ1) is 18.1. The van der Waals surface area contributed by atoms with Crippen LogP contribution in [0.4, 0.5) is 0 Å². The van der Waals surface area contributed by atoms with Gasteiger partial charge in [0.1, 0.15) is 23.3 Å². The summed E-state index contributed by atoms with van der Waals surface area (Å²) in [5, 5.41) is 10.1. The molecular formula is C27H27Br2N3O5S. The Morgan fingerprint density at radius 2 is 1.82 bits per heavy atom. The van der Waals surface area contributed by atoms with Crippen molar-refractivity contribution in [1.29, 1.82) is 0 Å². The normalized spacial score (nSPS) is 15.2. The molecule has 2 aromatic carbocycles. The number of hydrogen-bond donors (Lipinski definition) is 1. The van der Waals surface area contributed by atoms with Crippen LogP contribution in [0.15, 0.2) is 60.3 Å². The Morgan fingerprint density at radius 1 is 1.16 bits per heavy atom. The van der Waals surface area contributed by atoms with Crippen molar-refractivity contribution < 1.29 is 19.4 Å². The molecule has 2 heterocycles. The van der Waals surface area contributed by atoms with E-state index >= 15 is 0 Å². The average Bonchev–Trinajstić information content (AvgIpc) is 3.20. The van der Waals surface area contributed by atoms with Gasteiger partial charge in [-0.05, 0) is 94.6 Å². The number of amides is 1. The summed E-state index contributed by atoms with van der Waals surface area (Å²) < 4.78 is 14.1. The van der Waals surface area contributed by atoms with Crippen LogP contribution in [0, 0.1) is 0 Å². The van der Waals surface area contributed by atoms with Gasteiger partial charge in [0.15, 0.2) is 4.80 Å². The van der Waals surface area contributed by atoms with E-state index in [4.69, 9.17) is 14.5 Å². The summed E-state index contributed by atoms with van der Waals surface area (Å²) in [6.07, 6.45) is 1.74. The molecule has 1 aliphatic rings. The Kier molecular flexibility index (Phi) is 8.49. The van der Waals surface area contributed by atoms with E-state index in [1.54, 1.807) is 67.0 Å². The van der Waals surface area contributed by atoms with Crippen molar-refractivity contribution in [3.8, 4) is 17.2 Å². The van der Waals surface area contributed by atoms with E-state index in [2.05, 4.69) is 31.9 Å². The molecule has 38 heavy (non-hydrogen) atoms. The zero-order valence-corrected chi connectivity index (χ0v) is 25.5. The van der Waals surface area contributed by atoms with Crippen LogP contribution < -0.4 is 24.4 Å². The van der Waals surface area contributed by atoms with Crippen molar-refractivity contribution in [2.45, 2.75) is 26.8 Å². The molecule has 0 saturated heterocycles. The molecule has 1 N–H and O–H groups in total. The molecule has 0 bridgehead atoms. The molecule has 0 fully saturated rings. The minimum atomic E-state index is -0.773. The van der Waals surface area contributed by atoms with Gasteiger partial charge in [0.2, 0.25) is 0 Å². The van der Waals surface area contributed by atoms with E-state index in [0.29, 0.717) is 65.3 Å². The number of aromatic hydroxyl groups is 1. The lowest BCUT2D eigenvalue weighted by Crippen LogP contribution is -2.43. The van der Waals surface area contributed by atoms with Crippen LogP contribution in [-0.2, 0) is 4.79 Å². The van der Waals surface area contributed by atoms with Gasteiger partial charge in [-0.2, -0.15) is 0 Å². The predicted molar refractivity (Wildman–Crippen MR) is 155 cm³/mol. The average molecular weight is 665 g/mol. The molecule has 200 valence electrons. The summed E-state index contributed by atoms with van der Waals surface area (Å²) in [6.45, 7) is 6.66. The van der Waals surface area contributed by atoms with Gasteiger partial charge < -0.3 is 19.5 Å². The van der Waals surface area contributed by atoms with Gasteiger partial charge in [0.25, 0.3) is 11.5 Å². The maximum absolute atomic E-state index is 14.0. The molecule has 1 amide bonds. The second-order valence-electron chi connectivity index (χ2n) is 8.50. The van der Waals surface area contributed by atoms with Gasteiger partial charge in [0.05, 0.1) is 39.0 Å². The van der Waals surface area contributed by atoms with E-state index in [9.17, 15) is 14.7 Å². The highest BCUT2D eigenvalue weighted by Crippen LogP contribution is 2.38. The predicted octanol–water partition coefficient (Wildman–Crippen LogP) is 4.35. The van der Waals surface area contributed by atoms with Gasteiger partial charge in [-0.1, -0.05) is 11.3 Å². The van der Waals surface area contributed by atoms with Crippen LogP contribution in [-0.4, -0.2) is 47.8 Å². The summed E-state index contributed by atoms with van der Waals surface area (Å²) in [7, 11) is 3.12. The number of allylic oxidation sites excluding steroid dienone is 1. The number of aromatic nitrogens is 1. The number of phenols is 1. The summed E-state index contributed by atoms with van der Waals surface area (Å²) in [5.74, 6) is 0.984. The Labute approximate surface area is 240 Å². The van der Waals surface area contributed by atoms with Crippen LogP contribution in [0.3, 0.4) is 0 Å². The lowest BCUT2D eigenvalue weighted by Gasteiger charge is -2.30. The number of nitrogens with zero attached hydrogens (tertiary/aromatic N) is 3. The highest BCUT2D eigenvalue weighted by molar-refractivity contribution is 9.11. The van der Waals surface area contributed by atoms with E-state index in [0.717, 1.165) is 0 Å². The highest BCUT2D eigenvalue weighted by atomic mass is 79.9. The molecule has 0 saturated carbocycles. The van der Waals surface area contributed by atoms with Gasteiger partial charge in [0, 0.05) is 18.7 Å². The first-order valence-electron chi connectivity index (χ1n) is 11.9. The molecule has 0 aliphatic carbocycles. The number of halogens is 2. The lowest BCUT2D eigenvalue weighted by molar-refractivity contribution is -0.127. The fraction of sp³-hybridized carbons (Fsp3) is 0.296. The maximum Gasteiger partial charge on any atom is 0.271 e. The number of methoxy groups -OCH3 is 2. The zero-order valence-electron chi connectivity index (χ0n) is 21.5. The van der Waals surface area contributed by atoms with Crippen molar-refractivity contribution in [1.82, 2.24) is 9.47 Å². The highest BCUT2D eigenvalue weighted by Gasteiger charge is 2.36. The first-order valence-corrected chi connectivity index (χ1v) is 14.3. The number of benzene rings is 2. The number of rotatable bonds is 7. The van der Waals surface area contributed by atoms with Crippen LogP contribution in [0.25, 0.3) is 6.08 Å². The third kappa shape index (κ3) is 5.06. The molecular weight excluding hydrogens is 638 g/mol. The van der Waals surface area contributed by atoms with Crippen molar-refractivity contribution in [3.05, 3.63) is 81.4 Å². The van der Waals surface area contributed by atoms with E-state index in [1.807, 2.05) is 13.8 Å². The van der Waals surface area contributed by atoms with Gasteiger partial charge in [-0.25, -0.2) is 4.99 Å². The SMILES string of the molecule is CCN(CC)C(=O)C1=C(C)N=c2s/c(=C/c3cc(Br)c(O)c(Br)c3)c(=O)n2[C@H]1c1cc(OC)ccc1OC. The minimum Gasteiger partial charge on any atom is -0.506 e. The van der Waals surface area contributed by atoms with Crippen LogP contribution in [0.2, 0.25) is 0 Å². The van der Waals surface area contributed by atoms with Crippen LogP contribution in [0.1, 0.15) is 37.9 Å².